The summed E-state index contributed by atoms with van der Waals surface area (Å²) >= 11 is 1.62. The van der Waals surface area contributed by atoms with Gasteiger partial charge in [0.2, 0.25) is 5.89 Å². The lowest BCUT2D eigenvalue weighted by atomic mass is 10.2. The minimum absolute atomic E-state index is 0.00754. The Morgan fingerprint density at radius 1 is 1.12 bits per heavy atom. The van der Waals surface area contributed by atoms with E-state index in [0.29, 0.717) is 30.8 Å². The summed E-state index contributed by atoms with van der Waals surface area (Å²) in [6.45, 7) is 2.42. The van der Waals surface area contributed by atoms with E-state index in [9.17, 15) is 13.2 Å². The molecule has 12 heteroatoms. The summed E-state index contributed by atoms with van der Waals surface area (Å²) < 4.78 is 45.1. The fraction of sp³-hybridized carbons (Fsp3) is 0.350. The Balaban J connectivity index is 1.22. The lowest BCUT2D eigenvalue weighted by Crippen LogP contribution is -2.19. The molecule has 1 fully saturated rings. The second kappa shape index (κ2) is 8.79. The summed E-state index contributed by atoms with van der Waals surface area (Å²) in [5, 5.41) is 15.3. The molecular formula is C20H18F3N7OS. The van der Waals surface area contributed by atoms with Crippen LogP contribution in [0.2, 0.25) is 0 Å². The van der Waals surface area contributed by atoms with Crippen LogP contribution in [0.25, 0.3) is 22.0 Å². The molecule has 5 heterocycles. The molecule has 0 aliphatic carbocycles. The predicted molar refractivity (Wildman–Crippen MR) is 110 cm³/mol. The molecule has 8 nitrogen and oxygen atoms in total. The average Bonchev–Trinajstić information content (AvgIpc) is 3.56. The van der Waals surface area contributed by atoms with Crippen LogP contribution in [-0.4, -0.2) is 54.3 Å². The Hall–Kier alpha value is -3.12. The van der Waals surface area contributed by atoms with Crippen molar-refractivity contribution in [1.29, 1.82) is 0 Å². The number of nitrogens with zero attached hydrogens (tertiary/aromatic N) is 7. The third-order valence-electron chi connectivity index (χ3n) is 5.07. The van der Waals surface area contributed by atoms with Crippen molar-refractivity contribution in [3.8, 4) is 22.0 Å². The van der Waals surface area contributed by atoms with Gasteiger partial charge < -0.3 is 4.42 Å². The van der Waals surface area contributed by atoms with Gasteiger partial charge in [-0.15, -0.1) is 26.6 Å². The van der Waals surface area contributed by atoms with Crippen LogP contribution in [0.1, 0.15) is 29.3 Å². The van der Waals surface area contributed by atoms with Crippen LogP contribution in [0.3, 0.4) is 0 Å². The maximum Gasteiger partial charge on any atom is 0.314 e. The van der Waals surface area contributed by atoms with E-state index in [-0.39, 0.29) is 5.89 Å². The molecule has 0 spiro atoms. The van der Waals surface area contributed by atoms with E-state index in [1.807, 2.05) is 18.3 Å². The highest BCUT2D eigenvalue weighted by Gasteiger charge is 2.22. The molecule has 0 unspecified atom stereocenters. The molecule has 4 aromatic heterocycles. The lowest BCUT2D eigenvalue weighted by Gasteiger charge is -2.12. The van der Waals surface area contributed by atoms with Crippen molar-refractivity contribution in [2.24, 2.45) is 0 Å². The van der Waals surface area contributed by atoms with E-state index < -0.39 is 18.5 Å². The first-order chi connectivity index (χ1) is 15.5. The van der Waals surface area contributed by atoms with Gasteiger partial charge in [0.05, 0.1) is 28.9 Å². The summed E-state index contributed by atoms with van der Waals surface area (Å²) in [6.07, 6.45) is 0.395. The van der Waals surface area contributed by atoms with Crippen molar-refractivity contribution in [3.63, 3.8) is 0 Å². The summed E-state index contributed by atoms with van der Waals surface area (Å²) in [4.78, 5) is 8.60. The zero-order valence-corrected chi connectivity index (χ0v) is 17.6. The summed E-state index contributed by atoms with van der Waals surface area (Å²) in [7, 11) is 0. The molecule has 0 N–H and O–H groups in total. The van der Waals surface area contributed by atoms with Gasteiger partial charge in [-0.2, -0.15) is 8.78 Å². The first kappa shape index (κ1) is 20.8. The van der Waals surface area contributed by atoms with Crippen molar-refractivity contribution >= 4 is 11.3 Å². The van der Waals surface area contributed by atoms with Gasteiger partial charge in [-0.3, -0.25) is 9.88 Å². The molecule has 0 bridgehead atoms. The number of aromatic nitrogens is 6. The minimum Gasteiger partial charge on any atom is -0.415 e. The first-order valence-corrected chi connectivity index (χ1v) is 10.8. The van der Waals surface area contributed by atoms with E-state index in [1.54, 1.807) is 28.2 Å². The largest absolute Gasteiger partial charge is 0.415 e. The molecule has 1 atom stereocenters. The zero-order chi connectivity index (χ0) is 22.1. The van der Waals surface area contributed by atoms with Gasteiger partial charge in [0, 0.05) is 30.7 Å². The molecule has 5 rings (SSSR count). The highest BCUT2D eigenvalue weighted by molar-refractivity contribution is 7.15. The Bertz CT molecular complexity index is 1190. The number of thiophene rings is 1. The van der Waals surface area contributed by atoms with Crippen LogP contribution in [0.4, 0.5) is 13.2 Å². The van der Waals surface area contributed by atoms with Crippen LogP contribution >= 0.6 is 11.3 Å². The van der Waals surface area contributed by atoms with E-state index in [2.05, 4.69) is 30.4 Å². The Morgan fingerprint density at radius 2 is 2.03 bits per heavy atom. The molecule has 1 aliphatic heterocycles. The van der Waals surface area contributed by atoms with Crippen LogP contribution in [0, 0.1) is 0 Å². The smallest absolute Gasteiger partial charge is 0.314 e. The maximum atomic E-state index is 13.4. The number of hydrogen-bond acceptors (Lipinski definition) is 8. The number of pyridine rings is 1. The fourth-order valence-corrected chi connectivity index (χ4v) is 4.49. The SMILES string of the molecule is FC(F)c1nnc(-c2ccc(Cn3cc(-c4ccc(CN5CC[C@H](F)C5)s4)nn3)nc2)o1. The zero-order valence-electron chi connectivity index (χ0n) is 16.7. The molecule has 166 valence electrons. The Kier molecular flexibility index (Phi) is 5.70. The average molecular weight is 461 g/mol. The van der Waals surface area contributed by atoms with Crippen molar-refractivity contribution < 1.29 is 17.6 Å². The van der Waals surface area contributed by atoms with Crippen molar-refractivity contribution in [3.05, 3.63) is 53.1 Å². The van der Waals surface area contributed by atoms with Crippen molar-refractivity contribution in [1.82, 2.24) is 35.1 Å². The van der Waals surface area contributed by atoms with E-state index in [4.69, 9.17) is 4.42 Å². The van der Waals surface area contributed by atoms with Crippen LogP contribution < -0.4 is 0 Å². The number of alkyl halides is 3. The molecule has 1 saturated heterocycles. The van der Waals surface area contributed by atoms with E-state index in [1.165, 1.54) is 6.20 Å². The molecule has 0 radical (unpaired) electrons. The lowest BCUT2D eigenvalue weighted by molar-refractivity contribution is 0.116. The Labute approximate surface area is 184 Å². The van der Waals surface area contributed by atoms with Crippen molar-refractivity contribution in [2.45, 2.75) is 32.1 Å². The highest BCUT2D eigenvalue weighted by atomic mass is 32.1. The Morgan fingerprint density at radius 3 is 2.75 bits per heavy atom. The molecular weight excluding hydrogens is 443 g/mol. The molecule has 32 heavy (non-hydrogen) atoms. The van der Waals surface area contributed by atoms with Gasteiger partial charge in [0.25, 0.3) is 5.89 Å². The third-order valence-corrected chi connectivity index (χ3v) is 6.16. The van der Waals surface area contributed by atoms with Crippen molar-refractivity contribution in [2.75, 3.05) is 13.1 Å². The van der Waals surface area contributed by atoms with E-state index >= 15 is 0 Å². The summed E-state index contributed by atoms with van der Waals surface area (Å²) in [5.74, 6) is -0.727. The van der Waals surface area contributed by atoms with Gasteiger partial charge in [-0.05, 0) is 30.7 Å². The van der Waals surface area contributed by atoms with Crippen LogP contribution in [0.15, 0.2) is 41.1 Å². The molecule has 0 aromatic carbocycles. The molecule has 4 aromatic rings. The number of rotatable bonds is 7. The van der Waals surface area contributed by atoms with Crippen LogP contribution in [0.5, 0.6) is 0 Å². The summed E-state index contributed by atoms with van der Waals surface area (Å²) in [5.41, 5.74) is 1.92. The van der Waals surface area contributed by atoms with Gasteiger partial charge >= 0.3 is 6.43 Å². The quantitative estimate of drug-likeness (QED) is 0.412. The molecule has 0 amide bonds. The minimum atomic E-state index is -2.81. The third kappa shape index (κ3) is 4.55. The van der Waals surface area contributed by atoms with Crippen LogP contribution in [-0.2, 0) is 13.1 Å². The maximum absolute atomic E-state index is 13.4. The number of likely N-dealkylation sites (tertiary alicyclic amines) is 1. The predicted octanol–water partition coefficient (Wildman–Crippen LogP) is 3.98. The van der Waals surface area contributed by atoms with E-state index in [0.717, 1.165) is 28.5 Å². The standard InChI is InChI=1S/C20H18F3N7OS/c21-13-5-6-29(8-13)10-15-3-4-17(32-15)16-11-30(28-25-16)9-14-2-1-12(7-24-14)19-26-27-20(31-19)18(22)23/h1-4,7,11,13,18H,5-6,8-10H2/t13-/m0/s1. The molecule has 0 saturated carbocycles. The second-order valence-electron chi connectivity index (χ2n) is 7.47. The second-order valence-corrected chi connectivity index (χ2v) is 8.64. The fourth-order valence-electron chi connectivity index (χ4n) is 3.49. The topological polar surface area (TPSA) is 85.8 Å². The first-order valence-electron chi connectivity index (χ1n) is 9.96. The van der Waals surface area contributed by atoms with Gasteiger partial charge in [0.1, 0.15) is 11.9 Å². The normalized spacial score (nSPS) is 16.9. The number of halogens is 3. The monoisotopic (exact) mass is 461 g/mol. The molecule has 1 aliphatic rings. The van der Waals surface area contributed by atoms with Gasteiger partial charge in [-0.25, -0.2) is 9.07 Å². The highest BCUT2D eigenvalue weighted by Crippen LogP contribution is 2.28. The summed E-state index contributed by atoms with van der Waals surface area (Å²) in [6, 6.07) is 7.46. The number of hydrogen-bond donors (Lipinski definition) is 0. The van der Waals surface area contributed by atoms with Gasteiger partial charge in [-0.1, -0.05) is 5.21 Å². The van der Waals surface area contributed by atoms with Gasteiger partial charge in [0.15, 0.2) is 0 Å².